The molecule has 0 amide bonds. The van der Waals surface area contributed by atoms with Crippen molar-refractivity contribution in [1.82, 2.24) is 0 Å². The zero-order valence-electron chi connectivity index (χ0n) is 7.02. The molecule has 2 aliphatic heterocycles. The lowest BCUT2D eigenvalue weighted by atomic mass is 9.92. The van der Waals surface area contributed by atoms with Gasteiger partial charge in [0.15, 0.2) is 0 Å². The summed E-state index contributed by atoms with van der Waals surface area (Å²) in [6.07, 6.45) is 0.583. The Morgan fingerprint density at radius 1 is 1.30 bits per heavy atom. The van der Waals surface area contributed by atoms with E-state index in [0.29, 0.717) is 11.5 Å². The van der Waals surface area contributed by atoms with Gasteiger partial charge in [-0.05, 0) is 6.92 Å². The highest BCUT2D eigenvalue weighted by Crippen LogP contribution is 2.24. The van der Waals surface area contributed by atoms with Crippen LogP contribution >= 0.6 is 0 Å². The van der Waals surface area contributed by atoms with Crippen LogP contribution in [0, 0.1) is 5.41 Å². The Morgan fingerprint density at radius 2 is 1.60 bits per heavy atom. The number of hydrogen-bond donors (Lipinski definition) is 0. The quantitative estimate of drug-likeness (QED) is 0.480. The molecule has 10 heavy (non-hydrogen) atoms. The lowest BCUT2D eigenvalue weighted by molar-refractivity contribution is -0.0892. The third-order valence-corrected chi connectivity index (χ3v) is 1.49. The van der Waals surface area contributed by atoms with Gasteiger partial charge < -0.3 is 9.47 Å². The van der Waals surface area contributed by atoms with Crippen LogP contribution in [0.25, 0.3) is 0 Å². The highest BCUT2D eigenvalue weighted by Gasteiger charge is 2.26. The van der Waals surface area contributed by atoms with E-state index < -0.39 is 0 Å². The molecule has 1 atom stereocenters. The van der Waals surface area contributed by atoms with Gasteiger partial charge in [-0.2, -0.15) is 0 Å². The summed E-state index contributed by atoms with van der Waals surface area (Å²) in [6.45, 7) is 9.35. The predicted molar refractivity (Wildman–Crippen MR) is 40.0 cm³/mol. The van der Waals surface area contributed by atoms with Gasteiger partial charge in [0.1, 0.15) is 0 Å². The van der Waals surface area contributed by atoms with Gasteiger partial charge in [0.2, 0.25) is 0 Å². The van der Waals surface area contributed by atoms with Crippen LogP contribution < -0.4 is 0 Å². The van der Waals surface area contributed by atoms with Gasteiger partial charge in [0.25, 0.3) is 0 Å². The molecule has 2 rings (SSSR count). The first-order valence-electron chi connectivity index (χ1n) is 3.79. The van der Waals surface area contributed by atoms with Gasteiger partial charge in [-0.15, -0.1) is 0 Å². The molecule has 0 aromatic rings. The van der Waals surface area contributed by atoms with Gasteiger partial charge in [0, 0.05) is 5.41 Å². The first-order chi connectivity index (χ1) is 4.60. The van der Waals surface area contributed by atoms with E-state index in [2.05, 4.69) is 20.8 Å². The van der Waals surface area contributed by atoms with Crippen molar-refractivity contribution in [2.75, 3.05) is 19.8 Å². The first kappa shape index (κ1) is 8.02. The topological polar surface area (TPSA) is 21.8 Å². The Kier molecular flexibility index (Phi) is 2.32. The first-order valence-corrected chi connectivity index (χ1v) is 3.79. The third-order valence-electron chi connectivity index (χ3n) is 1.49. The maximum Gasteiger partial charge on any atom is 0.0781 e. The molecule has 0 aromatic carbocycles. The Morgan fingerprint density at radius 3 is 1.60 bits per heavy atom. The fraction of sp³-hybridized carbons (Fsp3) is 1.00. The molecule has 2 aliphatic rings. The van der Waals surface area contributed by atoms with Crippen LogP contribution in [0.1, 0.15) is 20.8 Å². The molecule has 0 N–H and O–H groups in total. The van der Waals surface area contributed by atoms with E-state index in [4.69, 9.17) is 9.47 Å². The van der Waals surface area contributed by atoms with Crippen LogP contribution in [-0.2, 0) is 9.47 Å². The molecule has 0 radical (unpaired) electrons. The zero-order valence-corrected chi connectivity index (χ0v) is 7.02. The number of epoxide rings is 1. The summed E-state index contributed by atoms with van der Waals surface area (Å²) in [6, 6.07) is 0. The Labute approximate surface area is 62.5 Å². The second-order valence-electron chi connectivity index (χ2n) is 3.80. The van der Waals surface area contributed by atoms with Crippen LogP contribution in [0.5, 0.6) is 0 Å². The molecule has 2 heterocycles. The van der Waals surface area contributed by atoms with Gasteiger partial charge in [0.05, 0.1) is 25.9 Å². The lowest BCUT2D eigenvalue weighted by Gasteiger charge is -2.33. The van der Waals surface area contributed by atoms with Gasteiger partial charge >= 0.3 is 0 Å². The van der Waals surface area contributed by atoms with Crippen molar-refractivity contribution in [3.05, 3.63) is 0 Å². The van der Waals surface area contributed by atoms with Crippen LogP contribution in [0.15, 0.2) is 0 Å². The summed E-state index contributed by atoms with van der Waals surface area (Å²) in [4.78, 5) is 0. The number of rotatable bonds is 0. The molecule has 0 aromatic heterocycles. The molecule has 2 saturated heterocycles. The van der Waals surface area contributed by atoms with Crippen LogP contribution in [0.4, 0.5) is 0 Å². The van der Waals surface area contributed by atoms with Crippen molar-refractivity contribution in [2.45, 2.75) is 26.9 Å². The summed E-state index contributed by atoms with van der Waals surface area (Å²) in [5.74, 6) is 0. The van der Waals surface area contributed by atoms with Crippen molar-refractivity contribution < 1.29 is 9.47 Å². The fourth-order valence-corrected chi connectivity index (χ4v) is 0.607. The Hall–Kier alpha value is -0.0800. The van der Waals surface area contributed by atoms with Gasteiger partial charge in [-0.25, -0.2) is 0 Å². The minimum atomic E-state index is 0.500. The summed E-state index contributed by atoms with van der Waals surface area (Å²) >= 11 is 0. The van der Waals surface area contributed by atoms with E-state index >= 15 is 0 Å². The largest absolute Gasteiger partial charge is 0.380 e. The Balaban J connectivity index is 0.000000108. The minimum absolute atomic E-state index is 0.500. The molecular weight excluding hydrogens is 128 g/mol. The molecule has 0 spiro atoms. The molecule has 0 bridgehead atoms. The number of hydrogen-bond acceptors (Lipinski definition) is 2. The Bertz CT molecular complexity index is 99.8. The number of ether oxygens (including phenoxy) is 2. The van der Waals surface area contributed by atoms with Crippen LogP contribution in [0.3, 0.4) is 0 Å². The second kappa shape index (κ2) is 2.89. The SMILES string of the molecule is CC1(C)COC1.CC1CO1. The predicted octanol–water partition coefficient (Wildman–Crippen LogP) is 1.45. The van der Waals surface area contributed by atoms with Crippen molar-refractivity contribution in [2.24, 2.45) is 5.41 Å². The van der Waals surface area contributed by atoms with Crippen molar-refractivity contribution in [1.29, 1.82) is 0 Å². The van der Waals surface area contributed by atoms with Crippen LogP contribution in [-0.4, -0.2) is 25.9 Å². The fourth-order valence-electron chi connectivity index (χ4n) is 0.607. The maximum atomic E-state index is 4.94. The van der Waals surface area contributed by atoms with Gasteiger partial charge in [-0.3, -0.25) is 0 Å². The van der Waals surface area contributed by atoms with Crippen LogP contribution in [0.2, 0.25) is 0 Å². The molecule has 2 heteroatoms. The molecule has 0 aliphatic carbocycles. The molecule has 2 fully saturated rings. The summed E-state index contributed by atoms with van der Waals surface area (Å²) in [7, 11) is 0. The molecular formula is C8H16O2. The molecule has 0 saturated carbocycles. The minimum Gasteiger partial charge on any atom is -0.380 e. The summed E-state index contributed by atoms with van der Waals surface area (Å²) < 4.78 is 9.65. The van der Waals surface area contributed by atoms with Crippen molar-refractivity contribution in [3.63, 3.8) is 0 Å². The van der Waals surface area contributed by atoms with E-state index in [1.54, 1.807) is 0 Å². The monoisotopic (exact) mass is 144 g/mol. The highest BCUT2D eigenvalue weighted by atomic mass is 16.6. The zero-order chi connectivity index (χ0) is 7.61. The van der Waals surface area contributed by atoms with E-state index in [0.717, 1.165) is 19.8 Å². The summed E-state index contributed by atoms with van der Waals surface area (Å²) in [5, 5.41) is 0. The average molecular weight is 144 g/mol. The molecule has 1 unspecified atom stereocenters. The third kappa shape index (κ3) is 3.18. The normalized spacial score (nSPS) is 33.3. The van der Waals surface area contributed by atoms with E-state index in [1.807, 2.05) is 0 Å². The van der Waals surface area contributed by atoms with E-state index in [9.17, 15) is 0 Å². The lowest BCUT2D eigenvalue weighted by Crippen LogP contribution is -2.36. The molecule has 2 nitrogen and oxygen atoms in total. The van der Waals surface area contributed by atoms with E-state index in [1.165, 1.54) is 0 Å². The van der Waals surface area contributed by atoms with Crippen molar-refractivity contribution in [3.8, 4) is 0 Å². The second-order valence-corrected chi connectivity index (χ2v) is 3.80. The maximum absolute atomic E-state index is 4.94. The molecule has 60 valence electrons. The van der Waals surface area contributed by atoms with Crippen molar-refractivity contribution >= 4 is 0 Å². The smallest absolute Gasteiger partial charge is 0.0781 e. The van der Waals surface area contributed by atoms with E-state index in [-0.39, 0.29) is 0 Å². The average Bonchev–Trinajstić information content (AvgIpc) is 2.49. The standard InChI is InChI=1S/C5H10O.C3H6O/c1-5(2)3-6-4-5;1-3-2-4-3/h3-4H2,1-2H3;3H,2H2,1H3. The summed E-state index contributed by atoms with van der Waals surface area (Å²) in [5.41, 5.74) is 0.500. The van der Waals surface area contributed by atoms with Gasteiger partial charge in [-0.1, -0.05) is 13.8 Å². The highest BCUT2D eigenvalue weighted by molar-refractivity contribution is 4.73.